The Morgan fingerprint density at radius 2 is 2.00 bits per heavy atom. The SMILES string of the molecule is CCN1C(=O)C(=Cc2ccc(OCc3ccc(C(=O)[O-])cc3)c(Cl)c2)NC1=S. The highest BCUT2D eigenvalue weighted by atomic mass is 35.5. The number of carbonyl (C=O) groups is 2. The molecular weight excluding hydrogens is 400 g/mol. The second-order valence-corrected chi connectivity index (χ2v) is 6.79. The lowest BCUT2D eigenvalue weighted by molar-refractivity contribution is -0.255. The van der Waals surface area contributed by atoms with Crippen molar-refractivity contribution < 1.29 is 19.4 Å². The molecule has 0 bridgehead atoms. The maximum atomic E-state index is 12.2. The van der Waals surface area contributed by atoms with Crippen LogP contribution in [0.3, 0.4) is 0 Å². The highest BCUT2D eigenvalue weighted by Gasteiger charge is 2.28. The number of halogens is 1. The summed E-state index contributed by atoms with van der Waals surface area (Å²) in [5, 5.41) is 14.4. The average molecular weight is 416 g/mol. The number of hydrogen-bond donors (Lipinski definition) is 1. The molecular formula is C20H16ClN2O4S-. The Balaban J connectivity index is 1.69. The fourth-order valence-corrected chi connectivity index (χ4v) is 3.21. The molecule has 1 N–H and O–H groups in total. The first-order valence-corrected chi connectivity index (χ1v) is 9.25. The van der Waals surface area contributed by atoms with Gasteiger partial charge in [0.25, 0.3) is 5.91 Å². The lowest BCUT2D eigenvalue weighted by Crippen LogP contribution is -2.30. The van der Waals surface area contributed by atoms with Gasteiger partial charge in [0.2, 0.25) is 0 Å². The van der Waals surface area contributed by atoms with Gasteiger partial charge in [0, 0.05) is 6.54 Å². The Labute approximate surface area is 172 Å². The number of carboxylic acids is 1. The van der Waals surface area contributed by atoms with E-state index < -0.39 is 5.97 Å². The van der Waals surface area contributed by atoms with E-state index in [9.17, 15) is 14.7 Å². The lowest BCUT2D eigenvalue weighted by Gasteiger charge is -2.10. The first-order valence-electron chi connectivity index (χ1n) is 8.46. The molecule has 0 spiro atoms. The summed E-state index contributed by atoms with van der Waals surface area (Å²) in [5.41, 5.74) is 2.02. The monoisotopic (exact) mass is 415 g/mol. The van der Waals surface area contributed by atoms with E-state index in [0.29, 0.717) is 28.1 Å². The van der Waals surface area contributed by atoms with E-state index in [0.717, 1.165) is 11.1 Å². The normalized spacial score (nSPS) is 15.1. The summed E-state index contributed by atoms with van der Waals surface area (Å²) in [6, 6.07) is 11.4. The van der Waals surface area contributed by atoms with Crippen molar-refractivity contribution in [3.8, 4) is 5.75 Å². The summed E-state index contributed by atoms with van der Waals surface area (Å²) in [5.74, 6) is -0.925. The maximum absolute atomic E-state index is 12.2. The zero-order valence-corrected chi connectivity index (χ0v) is 16.5. The zero-order chi connectivity index (χ0) is 20.3. The van der Waals surface area contributed by atoms with Crippen LogP contribution in [0.15, 0.2) is 48.2 Å². The minimum absolute atomic E-state index is 0.107. The smallest absolute Gasteiger partial charge is 0.276 e. The van der Waals surface area contributed by atoms with E-state index in [4.69, 9.17) is 28.6 Å². The van der Waals surface area contributed by atoms with Crippen LogP contribution in [0.1, 0.15) is 28.4 Å². The number of thiocarbonyl (C=S) groups is 1. The van der Waals surface area contributed by atoms with Gasteiger partial charge in [-0.05, 0) is 54.0 Å². The standard InChI is InChI=1S/C20H17ClN2O4S/c1-2-23-18(24)16(22-20(23)28)10-13-5-8-17(15(21)9-13)27-11-12-3-6-14(7-4-12)19(25)26/h3-10H,2,11H2,1H3,(H,22,28)(H,25,26)/p-1. The zero-order valence-electron chi connectivity index (χ0n) is 14.9. The Hall–Kier alpha value is -2.90. The number of rotatable bonds is 6. The van der Waals surface area contributed by atoms with Gasteiger partial charge in [-0.15, -0.1) is 0 Å². The van der Waals surface area contributed by atoms with Gasteiger partial charge in [-0.3, -0.25) is 9.69 Å². The van der Waals surface area contributed by atoms with E-state index in [1.165, 1.54) is 17.0 Å². The van der Waals surface area contributed by atoms with E-state index >= 15 is 0 Å². The Bertz CT molecular complexity index is 973. The third kappa shape index (κ3) is 4.32. The van der Waals surface area contributed by atoms with E-state index in [1.54, 1.807) is 36.4 Å². The lowest BCUT2D eigenvalue weighted by atomic mass is 10.1. The van der Waals surface area contributed by atoms with Gasteiger partial charge in [0.05, 0.1) is 11.0 Å². The highest BCUT2D eigenvalue weighted by Crippen LogP contribution is 2.27. The number of aromatic carboxylic acids is 1. The van der Waals surface area contributed by atoms with Gasteiger partial charge in [0.15, 0.2) is 5.11 Å². The predicted octanol–water partition coefficient (Wildman–Crippen LogP) is 2.36. The van der Waals surface area contributed by atoms with Crippen molar-refractivity contribution in [1.29, 1.82) is 0 Å². The third-order valence-corrected chi connectivity index (χ3v) is 4.75. The van der Waals surface area contributed by atoms with E-state index in [1.807, 2.05) is 6.92 Å². The van der Waals surface area contributed by atoms with Gasteiger partial charge in [-0.25, -0.2) is 0 Å². The molecule has 1 saturated heterocycles. The largest absolute Gasteiger partial charge is 0.545 e. The summed E-state index contributed by atoms with van der Waals surface area (Å²) in [7, 11) is 0. The molecule has 0 saturated carbocycles. The van der Waals surface area contributed by atoms with Crippen LogP contribution in [0.5, 0.6) is 5.75 Å². The second kappa shape index (κ2) is 8.41. The molecule has 0 radical (unpaired) electrons. The number of nitrogens with zero attached hydrogens (tertiary/aromatic N) is 1. The first-order chi connectivity index (χ1) is 13.4. The van der Waals surface area contributed by atoms with Crippen molar-refractivity contribution in [3.63, 3.8) is 0 Å². The minimum atomic E-state index is -1.22. The number of hydrogen-bond acceptors (Lipinski definition) is 5. The van der Waals surface area contributed by atoms with Crippen molar-refractivity contribution in [1.82, 2.24) is 10.2 Å². The molecule has 1 fully saturated rings. The topological polar surface area (TPSA) is 81.7 Å². The Kier molecular flexibility index (Phi) is 5.96. The fraction of sp³-hybridized carbons (Fsp3) is 0.150. The number of carbonyl (C=O) groups excluding carboxylic acids is 2. The summed E-state index contributed by atoms with van der Waals surface area (Å²) >= 11 is 11.4. The molecule has 1 aliphatic heterocycles. The molecule has 1 amide bonds. The van der Waals surface area contributed by atoms with Crippen LogP contribution < -0.4 is 15.2 Å². The number of likely N-dealkylation sites (N-methyl/N-ethyl adjacent to an activating group) is 1. The van der Waals surface area contributed by atoms with Crippen molar-refractivity contribution in [2.24, 2.45) is 0 Å². The Morgan fingerprint density at radius 1 is 1.29 bits per heavy atom. The van der Waals surface area contributed by atoms with Crippen molar-refractivity contribution in [3.05, 3.63) is 69.9 Å². The first kappa shape index (κ1) is 19.9. The quantitative estimate of drug-likeness (QED) is 0.576. The molecule has 1 aliphatic rings. The summed E-state index contributed by atoms with van der Waals surface area (Å²) in [6.45, 7) is 2.58. The van der Waals surface area contributed by atoms with E-state index in [-0.39, 0.29) is 18.1 Å². The summed E-state index contributed by atoms with van der Waals surface area (Å²) < 4.78 is 5.69. The number of benzene rings is 2. The molecule has 144 valence electrons. The van der Waals surface area contributed by atoms with Crippen LogP contribution in [0.2, 0.25) is 5.02 Å². The predicted molar refractivity (Wildman–Crippen MR) is 108 cm³/mol. The van der Waals surface area contributed by atoms with Crippen molar-refractivity contribution in [2.75, 3.05) is 6.54 Å². The molecule has 3 rings (SSSR count). The number of nitrogens with one attached hydrogen (secondary N) is 1. The molecule has 28 heavy (non-hydrogen) atoms. The third-order valence-electron chi connectivity index (χ3n) is 4.13. The second-order valence-electron chi connectivity index (χ2n) is 6.00. The molecule has 0 unspecified atom stereocenters. The number of amides is 1. The van der Waals surface area contributed by atoms with Crippen molar-refractivity contribution in [2.45, 2.75) is 13.5 Å². The number of carboxylic acid groups (broad SMARTS) is 1. The number of ether oxygens (including phenoxy) is 1. The van der Waals surface area contributed by atoms with Crippen LogP contribution >= 0.6 is 23.8 Å². The maximum Gasteiger partial charge on any atom is 0.276 e. The van der Waals surface area contributed by atoms with Gasteiger partial charge in [-0.2, -0.15) is 0 Å². The van der Waals surface area contributed by atoms with Crippen LogP contribution in [-0.2, 0) is 11.4 Å². The van der Waals surface area contributed by atoms with Gasteiger partial charge >= 0.3 is 0 Å². The van der Waals surface area contributed by atoms with Crippen LogP contribution in [0, 0.1) is 0 Å². The average Bonchev–Trinajstić information content (AvgIpc) is 2.94. The van der Waals surface area contributed by atoms with Crippen LogP contribution in [-0.4, -0.2) is 28.4 Å². The summed E-state index contributed by atoms with van der Waals surface area (Å²) in [6.07, 6.45) is 1.68. The van der Waals surface area contributed by atoms with E-state index in [2.05, 4.69) is 5.32 Å². The molecule has 0 aromatic heterocycles. The van der Waals surface area contributed by atoms with Gasteiger partial charge in [0.1, 0.15) is 18.1 Å². The molecule has 2 aromatic carbocycles. The molecule has 1 heterocycles. The minimum Gasteiger partial charge on any atom is -0.545 e. The molecule has 0 atom stereocenters. The summed E-state index contributed by atoms with van der Waals surface area (Å²) in [4.78, 5) is 24.5. The van der Waals surface area contributed by atoms with Gasteiger partial charge in [-0.1, -0.05) is 41.9 Å². The fourth-order valence-electron chi connectivity index (χ4n) is 2.65. The molecule has 0 aliphatic carbocycles. The molecule has 2 aromatic rings. The van der Waals surface area contributed by atoms with Crippen LogP contribution in [0.25, 0.3) is 6.08 Å². The van der Waals surface area contributed by atoms with Crippen LogP contribution in [0.4, 0.5) is 0 Å². The highest BCUT2D eigenvalue weighted by molar-refractivity contribution is 7.80. The van der Waals surface area contributed by atoms with Gasteiger partial charge < -0.3 is 20.0 Å². The van der Waals surface area contributed by atoms with Crippen molar-refractivity contribution >= 4 is 46.9 Å². The Morgan fingerprint density at radius 3 is 2.57 bits per heavy atom. The molecule has 6 nitrogen and oxygen atoms in total. The molecule has 8 heteroatoms.